The maximum absolute atomic E-state index is 12.6. The Balaban J connectivity index is 1.78. The number of thiazole rings is 1. The van der Waals surface area contributed by atoms with Crippen LogP contribution in [0.15, 0.2) is 53.3 Å². The predicted molar refractivity (Wildman–Crippen MR) is 101 cm³/mol. The molecular weight excluding hydrogens is 350 g/mol. The number of hydrogen-bond acceptors (Lipinski definition) is 6. The van der Waals surface area contributed by atoms with Gasteiger partial charge in [-0.05, 0) is 23.8 Å². The van der Waals surface area contributed by atoms with Gasteiger partial charge in [-0.25, -0.2) is 0 Å². The Labute approximate surface area is 153 Å². The van der Waals surface area contributed by atoms with E-state index in [1.807, 2.05) is 42.5 Å². The first-order valence-corrected chi connectivity index (χ1v) is 8.70. The summed E-state index contributed by atoms with van der Waals surface area (Å²) in [5.41, 5.74) is 1.54. The molecule has 0 radical (unpaired) electrons. The Morgan fingerprint density at radius 3 is 2.50 bits per heavy atom. The molecule has 0 bridgehead atoms. The van der Waals surface area contributed by atoms with E-state index in [1.54, 1.807) is 26.4 Å². The number of fused-ring (bicyclic) bond motifs is 1. The number of nitrogens with zero attached hydrogens (tertiary/aromatic N) is 3. The second-order valence-corrected chi connectivity index (χ2v) is 6.54. The molecule has 130 valence electrons. The van der Waals surface area contributed by atoms with Crippen molar-refractivity contribution in [3.63, 3.8) is 0 Å². The monoisotopic (exact) mass is 365 g/mol. The van der Waals surface area contributed by atoms with Crippen LogP contribution in [0.4, 0.5) is 0 Å². The summed E-state index contributed by atoms with van der Waals surface area (Å²) in [6.07, 6.45) is 1.80. The fourth-order valence-electron chi connectivity index (χ4n) is 2.64. The zero-order valence-corrected chi connectivity index (χ0v) is 15.0. The average Bonchev–Trinajstić information content (AvgIpc) is 3.22. The third kappa shape index (κ3) is 2.82. The van der Waals surface area contributed by atoms with Gasteiger partial charge in [0.25, 0.3) is 5.56 Å². The van der Waals surface area contributed by atoms with Gasteiger partial charge in [-0.1, -0.05) is 47.7 Å². The molecular formula is C19H15N3O3S. The Bertz CT molecular complexity index is 1180. The van der Waals surface area contributed by atoms with Crippen LogP contribution in [0.2, 0.25) is 0 Å². The van der Waals surface area contributed by atoms with Gasteiger partial charge in [0, 0.05) is 5.56 Å². The fourth-order valence-corrected chi connectivity index (χ4v) is 3.55. The molecule has 2 aromatic heterocycles. The quantitative estimate of drug-likeness (QED) is 0.556. The topological polar surface area (TPSA) is 65.7 Å². The molecule has 0 fully saturated rings. The van der Waals surface area contributed by atoms with Crippen molar-refractivity contribution < 1.29 is 9.47 Å². The lowest BCUT2D eigenvalue weighted by molar-refractivity contribution is 0.355. The molecule has 2 aromatic carbocycles. The smallest absolute Gasteiger partial charge is 0.291 e. The van der Waals surface area contributed by atoms with Gasteiger partial charge in [0.05, 0.1) is 18.8 Å². The zero-order chi connectivity index (χ0) is 18.1. The van der Waals surface area contributed by atoms with Crippen LogP contribution in [0, 0.1) is 0 Å². The molecule has 6 nitrogen and oxygen atoms in total. The first-order chi connectivity index (χ1) is 12.7. The van der Waals surface area contributed by atoms with E-state index >= 15 is 0 Å². The van der Waals surface area contributed by atoms with E-state index in [2.05, 4.69) is 10.1 Å². The number of rotatable bonds is 4. The first-order valence-electron chi connectivity index (χ1n) is 7.88. The van der Waals surface area contributed by atoms with Crippen LogP contribution < -0.4 is 19.6 Å². The maximum Gasteiger partial charge on any atom is 0.291 e. The van der Waals surface area contributed by atoms with Crippen LogP contribution in [0.3, 0.4) is 0 Å². The standard InChI is InChI=1S/C19H15N3O3S/c1-24-14-9-8-12(10-15(14)25-2)11-16-18(23)22-19(26-16)20-17(21-22)13-6-4-3-5-7-13/h3-11H,1-2H3/b16-11+. The van der Waals surface area contributed by atoms with E-state index in [0.29, 0.717) is 26.8 Å². The summed E-state index contributed by atoms with van der Waals surface area (Å²) < 4.78 is 12.4. The lowest BCUT2D eigenvalue weighted by Gasteiger charge is -2.07. The van der Waals surface area contributed by atoms with Crippen LogP contribution in [-0.2, 0) is 0 Å². The maximum atomic E-state index is 12.6. The van der Waals surface area contributed by atoms with Gasteiger partial charge in [-0.15, -0.1) is 5.10 Å². The van der Waals surface area contributed by atoms with Crippen molar-refractivity contribution in [2.45, 2.75) is 0 Å². The molecule has 0 aliphatic heterocycles. The Morgan fingerprint density at radius 1 is 1.04 bits per heavy atom. The van der Waals surface area contributed by atoms with Gasteiger partial charge in [0.1, 0.15) is 0 Å². The Hall–Kier alpha value is -3.19. The summed E-state index contributed by atoms with van der Waals surface area (Å²) in [5.74, 6) is 1.80. The van der Waals surface area contributed by atoms with Crippen molar-refractivity contribution >= 4 is 22.4 Å². The summed E-state index contributed by atoms with van der Waals surface area (Å²) >= 11 is 1.31. The van der Waals surface area contributed by atoms with Crippen molar-refractivity contribution in [1.82, 2.24) is 14.6 Å². The molecule has 0 atom stereocenters. The van der Waals surface area contributed by atoms with E-state index in [1.165, 1.54) is 15.9 Å². The number of ether oxygens (including phenoxy) is 2. The van der Waals surface area contributed by atoms with Crippen LogP contribution in [0.25, 0.3) is 22.4 Å². The SMILES string of the molecule is COc1ccc(/C=c2/sc3nc(-c4ccccc4)nn3c2=O)cc1OC. The lowest BCUT2D eigenvalue weighted by atomic mass is 10.2. The molecule has 0 N–H and O–H groups in total. The minimum Gasteiger partial charge on any atom is -0.493 e. The van der Waals surface area contributed by atoms with Crippen molar-refractivity contribution in [1.29, 1.82) is 0 Å². The van der Waals surface area contributed by atoms with Gasteiger partial charge < -0.3 is 9.47 Å². The number of methoxy groups -OCH3 is 2. The second kappa shape index (κ2) is 6.61. The minimum absolute atomic E-state index is 0.186. The molecule has 4 rings (SSSR count). The van der Waals surface area contributed by atoms with Gasteiger partial charge in [-0.3, -0.25) is 4.79 Å². The highest BCUT2D eigenvalue weighted by atomic mass is 32.1. The Kier molecular flexibility index (Phi) is 4.14. The molecule has 0 aliphatic carbocycles. The van der Waals surface area contributed by atoms with E-state index in [0.717, 1.165) is 11.1 Å². The highest BCUT2D eigenvalue weighted by molar-refractivity contribution is 7.15. The van der Waals surface area contributed by atoms with Gasteiger partial charge >= 0.3 is 0 Å². The zero-order valence-electron chi connectivity index (χ0n) is 14.2. The molecule has 0 aliphatic rings. The van der Waals surface area contributed by atoms with Crippen molar-refractivity contribution in [2.75, 3.05) is 14.2 Å². The lowest BCUT2D eigenvalue weighted by Crippen LogP contribution is -2.23. The summed E-state index contributed by atoms with van der Waals surface area (Å²) in [4.78, 5) is 17.7. The molecule has 0 unspecified atom stereocenters. The van der Waals surface area contributed by atoms with Crippen LogP contribution >= 0.6 is 11.3 Å². The first kappa shape index (κ1) is 16.3. The minimum atomic E-state index is -0.186. The van der Waals surface area contributed by atoms with E-state index in [4.69, 9.17) is 9.47 Å². The largest absolute Gasteiger partial charge is 0.493 e. The molecule has 2 heterocycles. The van der Waals surface area contributed by atoms with Crippen molar-refractivity contribution in [2.24, 2.45) is 0 Å². The third-order valence-electron chi connectivity index (χ3n) is 3.92. The van der Waals surface area contributed by atoms with Gasteiger partial charge in [0.15, 0.2) is 17.3 Å². The van der Waals surface area contributed by atoms with Crippen molar-refractivity contribution in [3.05, 3.63) is 69.0 Å². The average molecular weight is 365 g/mol. The van der Waals surface area contributed by atoms with Crippen LogP contribution in [-0.4, -0.2) is 28.8 Å². The summed E-state index contributed by atoms with van der Waals surface area (Å²) in [7, 11) is 3.16. The van der Waals surface area contributed by atoms with Crippen molar-refractivity contribution in [3.8, 4) is 22.9 Å². The summed E-state index contributed by atoms with van der Waals surface area (Å²) in [6, 6.07) is 15.1. The fraction of sp³-hybridized carbons (Fsp3) is 0.105. The van der Waals surface area contributed by atoms with E-state index in [-0.39, 0.29) is 5.56 Å². The summed E-state index contributed by atoms with van der Waals surface area (Å²) in [5, 5.41) is 4.34. The second-order valence-electron chi connectivity index (χ2n) is 5.53. The molecule has 0 saturated heterocycles. The molecule has 0 saturated carbocycles. The summed E-state index contributed by atoms with van der Waals surface area (Å²) in [6.45, 7) is 0. The Morgan fingerprint density at radius 2 is 1.81 bits per heavy atom. The highest BCUT2D eigenvalue weighted by Gasteiger charge is 2.12. The van der Waals surface area contributed by atoms with Crippen LogP contribution in [0.5, 0.6) is 11.5 Å². The van der Waals surface area contributed by atoms with E-state index < -0.39 is 0 Å². The molecule has 7 heteroatoms. The highest BCUT2D eigenvalue weighted by Crippen LogP contribution is 2.27. The molecule has 4 aromatic rings. The van der Waals surface area contributed by atoms with Crippen LogP contribution in [0.1, 0.15) is 5.56 Å². The molecule has 0 amide bonds. The number of aromatic nitrogens is 3. The molecule has 0 spiro atoms. The number of benzene rings is 2. The normalized spacial score (nSPS) is 11.8. The third-order valence-corrected chi connectivity index (χ3v) is 4.88. The van der Waals surface area contributed by atoms with Gasteiger partial charge in [0.2, 0.25) is 4.96 Å². The molecule has 26 heavy (non-hydrogen) atoms. The van der Waals surface area contributed by atoms with E-state index in [9.17, 15) is 4.79 Å². The number of hydrogen-bond donors (Lipinski definition) is 0. The van der Waals surface area contributed by atoms with Gasteiger partial charge in [-0.2, -0.15) is 9.50 Å². The predicted octanol–water partition coefficient (Wildman–Crippen LogP) is 2.38.